The number of hydrogen-bond donors (Lipinski definition) is 2. The minimum absolute atomic E-state index is 0.0932. The van der Waals surface area contributed by atoms with Gasteiger partial charge in [-0.25, -0.2) is 0 Å². The summed E-state index contributed by atoms with van der Waals surface area (Å²) in [6.07, 6.45) is 2.10. The van der Waals surface area contributed by atoms with Crippen molar-refractivity contribution in [2.75, 3.05) is 18.5 Å². The number of amides is 2. The van der Waals surface area contributed by atoms with E-state index < -0.39 is 0 Å². The van der Waals surface area contributed by atoms with Gasteiger partial charge in [0.15, 0.2) is 0 Å². The fourth-order valence-electron chi connectivity index (χ4n) is 3.50. The van der Waals surface area contributed by atoms with E-state index in [0.717, 1.165) is 30.6 Å². The molecule has 1 aliphatic heterocycles. The van der Waals surface area contributed by atoms with Gasteiger partial charge in [-0.1, -0.05) is 48.5 Å². The smallest absolute Gasteiger partial charge is 0.255 e. The van der Waals surface area contributed by atoms with Crippen LogP contribution < -0.4 is 10.6 Å². The second-order valence-corrected chi connectivity index (χ2v) is 7.32. The van der Waals surface area contributed by atoms with Crippen molar-refractivity contribution in [2.24, 2.45) is 0 Å². The Hall–Kier alpha value is -3.44. The molecule has 0 bridgehead atoms. The molecule has 4 rings (SSSR count). The van der Waals surface area contributed by atoms with E-state index >= 15 is 0 Å². The van der Waals surface area contributed by atoms with Crippen LogP contribution >= 0.6 is 0 Å². The topological polar surface area (TPSA) is 67.4 Å². The first-order chi connectivity index (χ1) is 14.7. The van der Waals surface area contributed by atoms with Crippen LogP contribution in [0.5, 0.6) is 0 Å². The van der Waals surface area contributed by atoms with Crippen molar-refractivity contribution >= 4 is 17.5 Å². The maximum atomic E-state index is 12.6. The van der Waals surface area contributed by atoms with Gasteiger partial charge < -0.3 is 15.4 Å². The Bertz CT molecular complexity index is 1010. The molecule has 0 radical (unpaired) electrons. The summed E-state index contributed by atoms with van der Waals surface area (Å²) in [5.41, 5.74) is 3.80. The van der Waals surface area contributed by atoms with Gasteiger partial charge in [0.05, 0.1) is 6.10 Å². The molecule has 1 saturated heterocycles. The van der Waals surface area contributed by atoms with E-state index in [1.807, 2.05) is 42.5 Å². The van der Waals surface area contributed by atoms with Crippen LogP contribution in [0.2, 0.25) is 0 Å². The van der Waals surface area contributed by atoms with Crippen molar-refractivity contribution in [1.29, 1.82) is 0 Å². The monoisotopic (exact) mass is 400 g/mol. The van der Waals surface area contributed by atoms with Crippen molar-refractivity contribution < 1.29 is 14.3 Å². The van der Waals surface area contributed by atoms with Crippen molar-refractivity contribution in [3.63, 3.8) is 0 Å². The highest BCUT2D eigenvalue weighted by molar-refractivity contribution is 6.05. The highest BCUT2D eigenvalue weighted by atomic mass is 16.5. The molecular formula is C25H24N2O3. The van der Waals surface area contributed by atoms with E-state index in [2.05, 4.69) is 10.6 Å². The third kappa shape index (κ3) is 4.93. The van der Waals surface area contributed by atoms with Crippen LogP contribution in [0.25, 0.3) is 11.1 Å². The van der Waals surface area contributed by atoms with Crippen LogP contribution in [0, 0.1) is 0 Å². The van der Waals surface area contributed by atoms with Gasteiger partial charge in [0.2, 0.25) is 0 Å². The van der Waals surface area contributed by atoms with Gasteiger partial charge in [0.1, 0.15) is 0 Å². The van der Waals surface area contributed by atoms with E-state index in [-0.39, 0.29) is 17.9 Å². The summed E-state index contributed by atoms with van der Waals surface area (Å²) in [6.45, 7) is 1.26. The van der Waals surface area contributed by atoms with Gasteiger partial charge in [-0.15, -0.1) is 0 Å². The number of hydrogen-bond acceptors (Lipinski definition) is 3. The van der Waals surface area contributed by atoms with Crippen molar-refractivity contribution in [3.05, 3.63) is 90.0 Å². The summed E-state index contributed by atoms with van der Waals surface area (Å²) in [4.78, 5) is 25.0. The normalized spacial score (nSPS) is 15.5. The van der Waals surface area contributed by atoms with Gasteiger partial charge >= 0.3 is 0 Å². The quantitative estimate of drug-likeness (QED) is 0.640. The Kier molecular flexibility index (Phi) is 6.20. The van der Waals surface area contributed by atoms with Gasteiger partial charge in [0.25, 0.3) is 11.8 Å². The molecule has 3 aromatic rings. The van der Waals surface area contributed by atoms with E-state index in [4.69, 9.17) is 4.74 Å². The first-order valence-electron chi connectivity index (χ1n) is 10.2. The Labute approximate surface area is 176 Å². The summed E-state index contributed by atoms with van der Waals surface area (Å²) in [6, 6.07) is 24.4. The molecule has 152 valence electrons. The molecular weight excluding hydrogens is 376 g/mol. The molecule has 5 nitrogen and oxygen atoms in total. The number of nitrogens with one attached hydrogen (secondary N) is 2. The summed E-state index contributed by atoms with van der Waals surface area (Å²) >= 11 is 0. The molecule has 1 atom stereocenters. The first kappa shape index (κ1) is 19.9. The molecule has 0 aliphatic carbocycles. The van der Waals surface area contributed by atoms with Gasteiger partial charge in [0, 0.05) is 30.0 Å². The molecule has 5 heteroatoms. The van der Waals surface area contributed by atoms with Crippen molar-refractivity contribution in [1.82, 2.24) is 5.32 Å². The Balaban J connectivity index is 1.38. The predicted octanol–water partition coefficient (Wildman–Crippen LogP) is 4.51. The molecule has 0 saturated carbocycles. The lowest BCUT2D eigenvalue weighted by atomic mass is 10.0. The van der Waals surface area contributed by atoms with Crippen LogP contribution in [0.15, 0.2) is 78.9 Å². The van der Waals surface area contributed by atoms with Gasteiger partial charge in [-0.05, 0) is 54.3 Å². The molecule has 0 unspecified atom stereocenters. The lowest BCUT2D eigenvalue weighted by Gasteiger charge is -2.12. The maximum absolute atomic E-state index is 12.6. The zero-order chi connectivity index (χ0) is 20.8. The summed E-state index contributed by atoms with van der Waals surface area (Å²) in [5, 5.41) is 5.76. The van der Waals surface area contributed by atoms with Crippen LogP contribution in [0.4, 0.5) is 5.69 Å². The first-order valence-corrected chi connectivity index (χ1v) is 10.2. The number of rotatable bonds is 6. The lowest BCUT2D eigenvalue weighted by molar-refractivity contribution is 0.0857. The highest BCUT2D eigenvalue weighted by Gasteiger charge is 2.17. The molecule has 0 aromatic heterocycles. The maximum Gasteiger partial charge on any atom is 0.255 e. The SMILES string of the molecule is O=C(NC[C@@H]1CCCO1)c1cccc(NC(=O)c2ccc(-c3ccccc3)cc2)c1. The molecule has 3 aromatic carbocycles. The van der Waals surface area contributed by atoms with Crippen LogP contribution in [0.3, 0.4) is 0 Å². The molecule has 1 aliphatic rings. The highest BCUT2D eigenvalue weighted by Crippen LogP contribution is 2.20. The predicted molar refractivity (Wildman–Crippen MR) is 118 cm³/mol. The Morgan fingerprint density at radius 1 is 0.833 bits per heavy atom. The zero-order valence-electron chi connectivity index (χ0n) is 16.6. The molecule has 2 amide bonds. The van der Waals surface area contributed by atoms with E-state index in [0.29, 0.717) is 23.4 Å². The second-order valence-electron chi connectivity index (χ2n) is 7.32. The molecule has 0 spiro atoms. The molecule has 1 heterocycles. The third-order valence-corrected chi connectivity index (χ3v) is 5.15. The van der Waals surface area contributed by atoms with Crippen LogP contribution in [-0.2, 0) is 4.74 Å². The summed E-state index contributed by atoms with van der Waals surface area (Å²) in [5.74, 6) is -0.389. The second kappa shape index (κ2) is 9.37. The molecule has 30 heavy (non-hydrogen) atoms. The average Bonchev–Trinajstić information content (AvgIpc) is 3.32. The standard InChI is InChI=1S/C25H24N2O3/c28-24(26-17-23-10-5-15-30-23)21-8-4-9-22(16-21)27-25(29)20-13-11-19(12-14-20)18-6-2-1-3-7-18/h1-4,6-9,11-14,16,23H,5,10,15,17H2,(H,26,28)(H,27,29)/t23-/m0/s1. The fraction of sp³-hybridized carbons (Fsp3) is 0.200. The van der Waals surface area contributed by atoms with Gasteiger partial charge in [-0.2, -0.15) is 0 Å². The lowest BCUT2D eigenvalue weighted by Crippen LogP contribution is -2.31. The number of anilines is 1. The van der Waals surface area contributed by atoms with Crippen LogP contribution in [0.1, 0.15) is 33.6 Å². The number of benzene rings is 3. The Morgan fingerprint density at radius 2 is 1.60 bits per heavy atom. The molecule has 2 N–H and O–H groups in total. The Morgan fingerprint density at radius 3 is 2.33 bits per heavy atom. The number of ether oxygens (including phenoxy) is 1. The number of carbonyl (C=O) groups excluding carboxylic acids is 2. The minimum Gasteiger partial charge on any atom is -0.376 e. The minimum atomic E-state index is -0.216. The third-order valence-electron chi connectivity index (χ3n) is 5.15. The van der Waals surface area contributed by atoms with Crippen molar-refractivity contribution in [3.8, 4) is 11.1 Å². The number of carbonyl (C=O) groups is 2. The van der Waals surface area contributed by atoms with E-state index in [9.17, 15) is 9.59 Å². The van der Waals surface area contributed by atoms with Crippen LogP contribution in [-0.4, -0.2) is 31.1 Å². The summed E-state index contributed by atoms with van der Waals surface area (Å²) < 4.78 is 5.53. The van der Waals surface area contributed by atoms with E-state index in [1.165, 1.54) is 0 Å². The fourth-order valence-corrected chi connectivity index (χ4v) is 3.50. The summed E-state index contributed by atoms with van der Waals surface area (Å²) in [7, 11) is 0. The van der Waals surface area contributed by atoms with Crippen molar-refractivity contribution in [2.45, 2.75) is 18.9 Å². The average molecular weight is 400 g/mol. The molecule has 1 fully saturated rings. The zero-order valence-corrected chi connectivity index (χ0v) is 16.6. The largest absolute Gasteiger partial charge is 0.376 e. The van der Waals surface area contributed by atoms with Gasteiger partial charge in [-0.3, -0.25) is 9.59 Å². The van der Waals surface area contributed by atoms with E-state index in [1.54, 1.807) is 36.4 Å².